The van der Waals surface area contributed by atoms with E-state index in [0.717, 1.165) is 30.2 Å². The van der Waals surface area contributed by atoms with Crippen molar-refractivity contribution in [2.24, 2.45) is 0 Å². The monoisotopic (exact) mass is 247 g/mol. The van der Waals surface area contributed by atoms with E-state index >= 15 is 0 Å². The lowest BCUT2D eigenvalue weighted by molar-refractivity contribution is 0.0687. The quantitative estimate of drug-likeness (QED) is 0.769. The number of fused-ring (bicyclic) bond motifs is 1. The topological polar surface area (TPSA) is 62.3 Å². The molecule has 0 bridgehead atoms. The number of unbranched alkanes of at least 4 members (excludes halogenated alkanes) is 2. The summed E-state index contributed by atoms with van der Waals surface area (Å²) in [4.78, 5) is 14.0. The molecule has 2 rings (SSSR count). The summed E-state index contributed by atoms with van der Waals surface area (Å²) in [6.07, 6.45) is 3.14. The number of hydrogen-bond donors (Lipinski definition) is 2. The smallest absolute Gasteiger partial charge is 0.356 e. The van der Waals surface area contributed by atoms with Crippen molar-refractivity contribution >= 4 is 16.9 Å². The van der Waals surface area contributed by atoms with Gasteiger partial charge in [-0.2, -0.15) is 0 Å². The van der Waals surface area contributed by atoms with Crippen LogP contribution >= 0.6 is 0 Å². The number of aromatic carboxylic acids is 1. The Kier molecular flexibility index (Phi) is 3.87. The Bertz CT molecular complexity index is 545. The van der Waals surface area contributed by atoms with Crippen molar-refractivity contribution in [2.75, 3.05) is 6.61 Å². The highest BCUT2D eigenvalue weighted by molar-refractivity contribution is 6.00. The van der Waals surface area contributed by atoms with Crippen LogP contribution in [-0.4, -0.2) is 22.7 Å². The summed E-state index contributed by atoms with van der Waals surface area (Å²) >= 11 is 0. The second kappa shape index (κ2) is 5.58. The van der Waals surface area contributed by atoms with Crippen molar-refractivity contribution in [3.8, 4) is 5.75 Å². The van der Waals surface area contributed by atoms with E-state index in [1.807, 2.05) is 24.3 Å². The number of para-hydroxylation sites is 1. The molecule has 1 aromatic carbocycles. The highest BCUT2D eigenvalue weighted by atomic mass is 16.5. The number of ether oxygens (including phenoxy) is 1. The molecule has 0 aliphatic carbocycles. The molecule has 2 aromatic rings. The van der Waals surface area contributed by atoms with Crippen LogP contribution in [0.25, 0.3) is 10.9 Å². The molecular weight excluding hydrogens is 230 g/mol. The second-order valence-electron chi connectivity index (χ2n) is 4.24. The predicted molar refractivity (Wildman–Crippen MR) is 70.3 cm³/mol. The van der Waals surface area contributed by atoms with Crippen molar-refractivity contribution in [1.29, 1.82) is 0 Å². The molecular formula is C14H17NO3. The molecule has 4 heteroatoms. The van der Waals surface area contributed by atoms with Crippen molar-refractivity contribution in [1.82, 2.24) is 4.98 Å². The van der Waals surface area contributed by atoms with Gasteiger partial charge in [0.2, 0.25) is 0 Å². The van der Waals surface area contributed by atoms with E-state index in [1.165, 1.54) is 0 Å². The Morgan fingerprint density at radius 3 is 2.83 bits per heavy atom. The lowest BCUT2D eigenvalue weighted by Gasteiger charge is -2.05. The van der Waals surface area contributed by atoms with Crippen LogP contribution in [-0.2, 0) is 0 Å². The van der Waals surface area contributed by atoms with Crippen LogP contribution in [0.4, 0.5) is 0 Å². The fourth-order valence-corrected chi connectivity index (χ4v) is 1.94. The number of carboxylic acid groups (broad SMARTS) is 1. The van der Waals surface area contributed by atoms with E-state index in [0.29, 0.717) is 12.4 Å². The molecule has 1 heterocycles. The van der Waals surface area contributed by atoms with Crippen LogP contribution in [0.1, 0.15) is 36.7 Å². The van der Waals surface area contributed by atoms with E-state index in [4.69, 9.17) is 9.84 Å². The van der Waals surface area contributed by atoms with Gasteiger partial charge in [0.25, 0.3) is 0 Å². The van der Waals surface area contributed by atoms with Gasteiger partial charge in [-0.15, -0.1) is 0 Å². The van der Waals surface area contributed by atoms with Crippen molar-refractivity contribution in [3.05, 3.63) is 30.0 Å². The molecule has 2 N–H and O–H groups in total. The Morgan fingerprint density at radius 1 is 1.33 bits per heavy atom. The molecule has 0 aliphatic heterocycles. The number of carboxylic acids is 1. The number of carbonyl (C=O) groups is 1. The van der Waals surface area contributed by atoms with Gasteiger partial charge in [0.05, 0.1) is 6.61 Å². The summed E-state index contributed by atoms with van der Waals surface area (Å²) in [5.74, 6) is -0.536. The highest BCUT2D eigenvalue weighted by Crippen LogP contribution is 2.30. The summed E-state index contributed by atoms with van der Waals surface area (Å²) in [6, 6.07) is 7.46. The summed E-state index contributed by atoms with van der Waals surface area (Å²) < 4.78 is 5.64. The van der Waals surface area contributed by atoms with Crippen LogP contribution in [0.5, 0.6) is 5.75 Å². The van der Waals surface area contributed by atoms with Gasteiger partial charge in [-0.05, 0) is 18.6 Å². The average Bonchev–Trinajstić information content (AvgIpc) is 2.74. The molecule has 0 fully saturated rings. The lowest BCUT2D eigenvalue weighted by Crippen LogP contribution is -2.03. The Morgan fingerprint density at radius 2 is 2.11 bits per heavy atom. The first kappa shape index (κ1) is 12.5. The molecule has 0 aliphatic rings. The maximum atomic E-state index is 11.2. The molecule has 0 saturated carbocycles. The standard InChI is InChI=1S/C14H17NO3/c1-2-3-6-9-18-13-10-7-4-5-8-11(10)15-12(13)14(16)17/h4-5,7-8,15H,2-3,6,9H2,1H3,(H,16,17). The third kappa shape index (κ3) is 2.47. The van der Waals surface area contributed by atoms with Gasteiger partial charge in [0.1, 0.15) is 0 Å². The molecule has 18 heavy (non-hydrogen) atoms. The number of aromatic amines is 1. The number of H-pyrrole nitrogens is 1. The Hall–Kier alpha value is -1.97. The summed E-state index contributed by atoms with van der Waals surface area (Å²) in [5, 5.41) is 9.98. The minimum atomic E-state index is -0.989. The third-order valence-corrected chi connectivity index (χ3v) is 2.87. The zero-order chi connectivity index (χ0) is 13.0. The first-order valence-electron chi connectivity index (χ1n) is 6.20. The average molecular weight is 247 g/mol. The van der Waals surface area contributed by atoms with Crippen LogP contribution in [0.15, 0.2) is 24.3 Å². The fraction of sp³-hybridized carbons (Fsp3) is 0.357. The molecule has 96 valence electrons. The Labute approximate surface area is 106 Å². The van der Waals surface area contributed by atoms with Crippen LogP contribution in [0, 0.1) is 0 Å². The van der Waals surface area contributed by atoms with Crippen molar-refractivity contribution in [2.45, 2.75) is 26.2 Å². The van der Waals surface area contributed by atoms with Gasteiger partial charge in [0.15, 0.2) is 11.4 Å². The van der Waals surface area contributed by atoms with Gasteiger partial charge in [-0.3, -0.25) is 0 Å². The molecule has 1 aromatic heterocycles. The van der Waals surface area contributed by atoms with Gasteiger partial charge in [0, 0.05) is 10.9 Å². The first-order chi connectivity index (χ1) is 8.74. The molecule has 0 amide bonds. The molecule has 0 saturated heterocycles. The molecule has 0 spiro atoms. The number of nitrogens with one attached hydrogen (secondary N) is 1. The van der Waals surface area contributed by atoms with Crippen molar-refractivity contribution < 1.29 is 14.6 Å². The van der Waals surface area contributed by atoms with Gasteiger partial charge < -0.3 is 14.8 Å². The lowest BCUT2D eigenvalue weighted by atomic mass is 10.2. The minimum Gasteiger partial charge on any atom is -0.490 e. The van der Waals surface area contributed by atoms with Gasteiger partial charge in [-0.25, -0.2) is 4.79 Å². The van der Waals surface area contributed by atoms with Crippen LogP contribution in [0.3, 0.4) is 0 Å². The highest BCUT2D eigenvalue weighted by Gasteiger charge is 2.17. The zero-order valence-electron chi connectivity index (χ0n) is 10.4. The summed E-state index contributed by atoms with van der Waals surface area (Å²) in [7, 11) is 0. The minimum absolute atomic E-state index is 0.132. The molecule has 0 radical (unpaired) electrons. The van der Waals surface area contributed by atoms with Crippen LogP contribution < -0.4 is 4.74 Å². The maximum absolute atomic E-state index is 11.2. The van der Waals surface area contributed by atoms with Gasteiger partial charge >= 0.3 is 5.97 Å². The second-order valence-corrected chi connectivity index (χ2v) is 4.24. The number of benzene rings is 1. The summed E-state index contributed by atoms with van der Waals surface area (Å²) in [5.41, 5.74) is 0.924. The first-order valence-corrected chi connectivity index (χ1v) is 6.20. The SMILES string of the molecule is CCCCCOc1c(C(=O)O)[nH]c2ccccc12. The largest absolute Gasteiger partial charge is 0.490 e. The number of rotatable bonds is 6. The maximum Gasteiger partial charge on any atom is 0.356 e. The van der Waals surface area contributed by atoms with E-state index in [9.17, 15) is 4.79 Å². The van der Waals surface area contributed by atoms with Gasteiger partial charge in [-0.1, -0.05) is 31.9 Å². The molecule has 0 unspecified atom stereocenters. The van der Waals surface area contributed by atoms with E-state index in [-0.39, 0.29) is 5.69 Å². The third-order valence-electron chi connectivity index (χ3n) is 2.87. The molecule has 4 nitrogen and oxygen atoms in total. The summed E-state index contributed by atoms with van der Waals surface area (Å²) in [6.45, 7) is 2.67. The van der Waals surface area contributed by atoms with Crippen molar-refractivity contribution in [3.63, 3.8) is 0 Å². The Balaban J connectivity index is 2.27. The van der Waals surface area contributed by atoms with E-state index in [1.54, 1.807) is 0 Å². The normalized spacial score (nSPS) is 10.7. The number of aromatic nitrogens is 1. The van der Waals surface area contributed by atoms with E-state index in [2.05, 4.69) is 11.9 Å². The fourth-order valence-electron chi connectivity index (χ4n) is 1.94. The van der Waals surface area contributed by atoms with E-state index < -0.39 is 5.97 Å². The molecule has 0 atom stereocenters. The van der Waals surface area contributed by atoms with Crippen LogP contribution in [0.2, 0.25) is 0 Å². The number of hydrogen-bond acceptors (Lipinski definition) is 2. The zero-order valence-corrected chi connectivity index (χ0v) is 10.4. The predicted octanol–water partition coefficient (Wildman–Crippen LogP) is 3.44.